The summed E-state index contributed by atoms with van der Waals surface area (Å²) in [5, 5.41) is 1.08. The molecule has 2 rings (SSSR count). The quantitative estimate of drug-likeness (QED) is 0.731. The summed E-state index contributed by atoms with van der Waals surface area (Å²) in [5.74, 6) is 0.361. The number of aryl methyl sites for hydroxylation is 1. The zero-order chi connectivity index (χ0) is 10.8. The zero-order valence-corrected chi connectivity index (χ0v) is 9.05. The topological polar surface area (TPSA) is 25.8 Å². The van der Waals surface area contributed by atoms with Crippen LogP contribution in [0.15, 0.2) is 18.2 Å². The lowest BCUT2D eigenvalue weighted by Gasteiger charge is -2.03. The Morgan fingerprint density at radius 2 is 2.13 bits per heavy atom. The van der Waals surface area contributed by atoms with Crippen molar-refractivity contribution in [2.45, 2.75) is 19.8 Å². The van der Waals surface area contributed by atoms with Gasteiger partial charge >= 0.3 is 0 Å². The van der Waals surface area contributed by atoms with Crippen LogP contribution in [0.5, 0.6) is 0 Å². The van der Waals surface area contributed by atoms with Gasteiger partial charge in [0.15, 0.2) is 0 Å². The van der Waals surface area contributed by atoms with Gasteiger partial charge in [-0.25, -0.2) is 14.4 Å². The lowest BCUT2D eigenvalue weighted by Crippen LogP contribution is -1.96. The van der Waals surface area contributed by atoms with E-state index in [9.17, 15) is 4.39 Å². The molecule has 0 amide bonds. The van der Waals surface area contributed by atoms with Crippen molar-refractivity contribution in [2.24, 2.45) is 0 Å². The number of halogens is 2. The molecule has 0 N–H and O–H groups in total. The molecule has 0 spiro atoms. The third kappa shape index (κ3) is 2.07. The summed E-state index contributed by atoms with van der Waals surface area (Å²) >= 11 is 5.98. The maximum Gasteiger partial charge on any atom is 0.140 e. The Bertz CT molecular complexity index is 499. The number of hydrogen-bond acceptors (Lipinski definition) is 2. The molecule has 78 valence electrons. The minimum Gasteiger partial charge on any atom is -0.233 e. The average molecular weight is 225 g/mol. The third-order valence-corrected chi connectivity index (χ3v) is 2.42. The largest absolute Gasteiger partial charge is 0.233 e. The van der Waals surface area contributed by atoms with Crippen molar-refractivity contribution >= 4 is 22.5 Å². The molecule has 2 aromatic rings. The van der Waals surface area contributed by atoms with Crippen LogP contribution in [0, 0.1) is 5.82 Å². The number of nitrogens with zero attached hydrogens (tertiary/aromatic N) is 2. The summed E-state index contributed by atoms with van der Waals surface area (Å²) in [6.45, 7) is 2.03. The molecule has 0 aliphatic carbocycles. The van der Waals surface area contributed by atoms with Gasteiger partial charge in [0.2, 0.25) is 0 Å². The van der Waals surface area contributed by atoms with Crippen LogP contribution in [-0.2, 0) is 6.42 Å². The Morgan fingerprint density at radius 1 is 1.33 bits per heavy atom. The minimum absolute atomic E-state index is 0.306. The second kappa shape index (κ2) is 4.11. The molecule has 0 aliphatic rings. The van der Waals surface area contributed by atoms with E-state index in [0.29, 0.717) is 21.9 Å². The first-order chi connectivity index (χ1) is 7.20. The normalized spacial score (nSPS) is 10.9. The van der Waals surface area contributed by atoms with E-state index >= 15 is 0 Å². The summed E-state index contributed by atoms with van der Waals surface area (Å²) < 4.78 is 13.0. The Labute approximate surface area is 92.1 Å². The fraction of sp³-hybridized carbons (Fsp3) is 0.273. The summed E-state index contributed by atoms with van der Waals surface area (Å²) in [5.41, 5.74) is 0.568. The minimum atomic E-state index is -0.306. The van der Waals surface area contributed by atoms with Gasteiger partial charge in [-0.1, -0.05) is 18.5 Å². The molecule has 0 unspecified atom stereocenters. The zero-order valence-electron chi connectivity index (χ0n) is 8.30. The molecular weight excluding hydrogens is 215 g/mol. The highest BCUT2D eigenvalue weighted by molar-refractivity contribution is 6.34. The van der Waals surface area contributed by atoms with Crippen molar-refractivity contribution in [3.8, 4) is 0 Å². The van der Waals surface area contributed by atoms with Gasteiger partial charge in [0.25, 0.3) is 0 Å². The van der Waals surface area contributed by atoms with Gasteiger partial charge in [0.05, 0.1) is 5.52 Å². The molecule has 2 nitrogen and oxygen atoms in total. The van der Waals surface area contributed by atoms with E-state index < -0.39 is 0 Å². The van der Waals surface area contributed by atoms with Gasteiger partial charge in [-0.15, -0.1) is 0 Å². The highest BCUT2D eigenvalue weighted by Crippen LogP contribution is 2.21. The summed E-state index contributed by atoms with van der Waals surface area (Å²) in [6.07, 6.45) is 1.70. The van der Waals surface area contributed by atoms with Crippen LogP contribution in [0.1, 0.15) is 19.2 Å². The molecule has 1 aromatic heterocycles. The SMILES string of the molecule is CCCc1nc(Cl)c2ccc(F)cc2n1. The molecule has 0 bridgehead atoms. The lowest BCUT2D eigenvalue weighted by molar-refractivity contribution is 0.629. The van der Waals surface area contributed by atoms with Gasteiger partial charge in [-0.2, -0.15) is 0 Å². The Balaban J connectivity index is 2.63. The molecule has 4 heteroatoms. The molecule has 0 saturated heterocycles. The van der Waals surface area contributed by atoms with E-state index in [2.05, 4.69) is 9.97 Å². The maximum absolute atomic E-state index is 13.0. The maximum atomic E-state index is 13.0. The molecule has 15 heavy (non-hydrogen) atoms. The summed E-state index contributed by atoms with van der Waals surface area (Å²) in [7, 11) is 0. The van der Waals surface area contributed by atoms with E-state index in [1.807, 2.05) is 6.92 Å². The number of aromatic nitrogens is 2. The monoisotopic (exact) mass is 224 g/mol. The van der Waals surface area contributed by atoms with Gasteiger partial charge in [-0.05, 0) is 18.6 Å². The van der Waals surface area contributed by atoms with Crippen LogP contribution in [0.3, 0.4) is 0 Å². The lowest BCUT2D eigenvalue weighted by atomic mass is 10.2. The fourth-order valence-electron chi connectivity index (χ4n) is 1.44. The van der Waals surface area contributed by atoms with Crippen molar-refractivity contribution in [1.29, 1.82) is 0 Å². The first-order valence-corrected chi connectivity index (χ1v) is 5.20. The predicted molar refractivity (Wildman–Crippen MR) is 58.5 cm³/mol. The van der Waals surface area contributed by atoms with Crippen LogP contribution in [0.25, 0.3) is 10.9 Å². The van der Waals surface area contributed by atoms with Gasteiger partial charge < -0.3 is 0 Å². The molecule has 1 heterocycles. The Kier molecular flexibility index (Phi) is 2.82. The first-order valence-electron chi connectivity index (χ1n) is 4.82. The molecule has 0 saturated carbocycles. The second-order valence-electron chi connectivity index (χ2n) is 3.34. The van der Waals surface area contributed by atoms with Crippen LogP contribution < -0.4 is 0 Å². The van der Waals surface area contributed by atoms with E-state index in [1.165, 1.54) is 12.1 Å². The van der Waals surface area contributed by atoms with E-state index in [-0.39, 0.29) is 5.82 Å². The van der Waals surface area contributed by atoms with Gasteiger partial charge in [0, 0.05) is 17.9 Å². The van der Waals surface area contributed by atoms with Crippen molar-refractivity contribution in [2.75, 3.05) is 0 Å². The summed E-state index contributed by atoms with van der Waals surface area (Å²) in [4.78, 5) is 8.40. The number of fused-ring (bicyclic) bond motifs is 1. The molecule has 1 aromatic carbocycles. The second-order valence-corrected chi connectivity index (χ2v) is 3.70. The van der Waals surface area contributed by atoms with Crippen LogP contribution in [0.2, 0.25) is 5.15 Å². The molecule has 0 radical (unpaired) electrons. The Hall–Kier alpha value is -1.22. The van der Waals surface area contributed by atoms with Crippen molar-refractivity contribution in [3.05, 3.63) is 35.0 Å². The van der Waals surface area contributed by atoms with Crippen molar-refractivity contribution in [3.63, 3.8) is 0 Å². The number of benzene rings is 1. The average Bonchev–Trinajstić information content (AvgIpc) is 2.17. The third-order valence-electron chi connectivity index (χ3n) is 2.13. The van der Waals surface area contributed by atoms with Crippen LogP contribution in [0.4, 0.5) is 4.39 Å². The molecular formula is C11H10ClFN2. The summed E-state index contributed by atoms with van der Waals surface area (Å²) in [6, 6.07) is 4.34. The fourth-order valence-corrected chi connectivity index (χ4v) is 1.70. The smallest absolute Gasteiger partial charge is 0.140 e. The first kappa shape index (κ1) is 10.3. The Morgan fingerprint density at radius 3 is 2.87 bits per heavy atom. The highest BCUT2D eigenvalue weighted by atomic mass is 35.5. The van der Waals surface area contributed by atoms with E-state index in [1.54, 1.807) is 6.07 Å². The van der Waals surface area contributed by atoms with Crippen molar-refractivity contribution in [1.82, 2.24) is 9.97 Å². The van der Waals surface area contributed by atoms with Gasteiger partial charge in [-0.3, -0.25) is 0 Å². The molecule has 0 fully saturated rings. The number of hydrogen-bond donors (Lipinski definition) is 0. The van der Waals surface area contributed by atoms with E-state index in [4.69, 9.17) is 11.6 Å². The van der Waals surface area contributed by atoms with Crippen LogP contribution in [-0.4, -0.2) is 9.97 Å². The van der Waals surface area contributed by atoms with Gasteiger partial charge in [0.1, 0.15) is 16.8 Å². The van der Waals surface area contributed by atoms with Crippen molar-refractivity contribution < 1.29 is 4.39 Å². The van der Waals surface area contributed by atoms with Crippen LogP contribution >= 0.6 is 11.6 Å². The van der Waals surface area contributed by atoms with E-state index in [0.717, 1.165) is 12.8 Å². The molecule has 0 aliphatic heterocycles. The highest BCUT2D eigenvalue weighted by Gasteiger charge is 2.05. The predicted octanol–water partition coefficient (Wildman–Crippen LogP) is 3.37. The molecule has 0 atom stereocenters. The number of rotatable bonds is 2. The standard InChI is InChI=1S/C11H10ClFN2/c1-2-3-10-14-9-6-7(13)4-5-8(9)11(12)15-10/h4-6H,2-3H2,1H3.